The van der Waals surface area contributed by atoms with Gasteiger partial charge in [-0.1, -0.05) is 19.3 Å². The molecule has 0 spiro atoms. The number of carbonyl (C=O) groups is 1. The van der Waals surface area contributed by atoms with E-state index in [4.69, 9.17) is 4.74 Å². The quantitative estimate of drug-likeness (QED) is 0.850. The molecule has 1 saturated carbocycles. The monoisotopic (exact) mass is 353 g/mol. The van der Waals surface area contributed by atoms with E-state index in [1.807, 2.05) is 31.2 Å². The molecule has 0 bridgehead atoms. The average molecular weight is 353 g/mol. The topological polar surface area (TPSA) is 64.1 Å². The van der Waals surface area contributed by atoms with Crippen LogP contribution in [0.25, 0.3) is 0 Å². The number of nitrogens with one attached hydrogen (secondary N) is 1. The maximum absolute atomic E-state index is 12.4. The van der Waals surface area contributed by atoms with Crippen molar-refractivity contribution in [3.63, 3.8) is 0 Å². The lowest BCUT2D eigenvalue weighted by molar-refractivity contribution is 0.0919. The van der Waals surface area contributed by atoms with Crippen molar-refractivity contribution in [1.82, 2.24) is 15.3 Å². The highest BCUT2D eigenvalue weighted by Crippen LogP contribution is 2.26. The molecule has 5 heteroatoms. The van der Waals surface area contributed by atoms with E-state index in [0.29, 0.717) is 18.1 Å². The lowest BCUT2D eigenvalue weighted by Crippen LogP contribution is -2.38. The van der Waals surface area contributed by atoms with Gasteiger partial charge in [-0.15, -0.1) is 0 Å². The third-order valence-corrected chi connectivity index (χ3v) is 5.06. The van der Waals surface area contributed by atoms with Crippen molar-refractivity contribution in [3.05, 3.63) is 53.6 Å². The summed E-state index contributed by atoms with van der Waals surface area (Å²) >= 11 is 0. The van der Waals surface area contributed by atoms with Crippen LogP contribution in [-0.2, 0) is 6.61 Å². The lowest BCUT2D eigenvalue weighted by atomic mass is 9.84. The summed E-state index contributed by atoms with van der Waals surface area (Å²) in [6, 6.07) is 7.57. The van der Waals surface area contributed by atoms with Crippen LogP contribution < -0.4 is 10.1 Å². The second kappa shape index (κ2) is 8.79. The molecule has 138 valence electrons. The summed E-state index contributed by atoms with van der Waals surface area (Å²) in [6.07, 6.45) is 9.65. The number of aryl methyl sites for hydroxylation is 1. The molecule has 1 aliphatic rings. The predicted octanol–water partition coefficient (Wildman–Crippen LogP) is 4.06. The summed E-state index contributed by atoms with van der Waals surface area (Å²) in [6.45, 7) is 4.40. The van der Waals surface area contributed by atoms with E-state index in [9.17, 15) is 4.79 Å². The van der Waals surface area contributed by atoms with Crippen LogP contribution in [0, 0.1) is 12.8 Å². The zero-order valence-corrected chi connectivity index (χ0v) is 15.6. The van der Waals surface area contributed by atoms with Crippen molar-refractivity contribution in [1.29, 1.82) is 0 Å². The summed E-state index contributed by atoms with van der Waals surface area (Å²) < 4.78 is 5.71. The molecule has 0 radical (unpaired) electrons. The van der Waals surface area contributed by atoms with Gasteiger partial charge in [-0.25, -0.2) is 0 Å². The van der Waals surface area contributed by atoms with Crippen molar-refractivity contribution in [2.75, 3.05) is 0 Å². The van der Waals surface area contributed by atoms with Crippen LogP contribution >= 0.6 is 0 Å². The highest BCUT2D eigenvalue weighted by Gasteiger charge is 2.21. The molecule has 1 N–H and O–H groups in total. The van der Waals surface area contributed by atoms with E-state index in [-0.39, 0.29) is 11.9 Å². The zero-order valence-electron chi connectivity index (χ0n) is 15.6. The van der Waals surface area contributed by atoms with Crippen LogP contribution in [0.3, 0.4) is 0 Å². The molecule has 2 aromatic rings. The van der Waals surface area contributed by atoms with Crippen LogP contribution in [0.4, 0.5) is 0 Å². The Morgan fingerprint density at radius 2 is 2.04 bits per heavy atom. The Labute approximate surface area is 155 Å². The molecule has 5 nitrogen and oxygen atoms in total. The molecule has 0 unspecified atom stereocenters. The summed E-state index contributed by atoms with van der Waals surface area (Å²) in [5.74, 6) is 1.31. The maximum Gasteiger partial charge on any atom is 0.253 e. The maximum atomic E-state index is 12.4. The van der Waals surface area contributed by atoms with Gasteiger partial charge in [-0.2, -0.15) is 0 Å². The number of hydrogen-bond acceptors (Lipinski definition) is 4. The Kier molecular flexibility index (Phi) is 6.21. The smallest absolute Gasteiger partial charge is 0.253 e. The van der Waals surface area contributed by atoms with E-state index in [1.54, 1.807) is 12.4 Å². The first-order valence-corrected chi connectivity index (χ1v) is 9.43. The average Bonchev–Trinajstić information content (AvgIpc) is 2.67. The summed E-state index contributed by atoms with van der Waals surface area (Å²) in [4.78, 5) is 20.9. The van der Waals surface area contributed by atoms with Gasteiger partial charge in [-0.05, 0) is 50.8 Å². The number of pyridine rings is 2. The summed E-state index contributed by atoms with van der Waals surface area (Å²) in [5, 5.41) is 3.13. The van der Waals surface area contributed by atoms with E-state index in [1.165, 1.54) is 32.1 Å². The van der Waals surface area contributed by atoms with Crippen molar-refractivity contribution in [3.8, 4) is 5.75 Å². The third kappa shape index (κ3) is 5.04. The predicted molar refractivity (Wildman–Crippen MR) is 101 cm³/mol. The fraction of sp³-hybridized carbons (Fsp3) is 0.476. The van der Waals surface area contributed by atoms with Crippen molar-refractivity contribution < 1.29 is 9.53 Å². The minimum Gasteiger partial charge on any atom is -0.487 e. The SMILES string of the molecule is Cc1cc(OCc2ccc(C(=O)N[C@H](C)C3CCCCC3)cn2)ccn1. The highest BCUT2D eigenvalue weighted by molar-refractivity contribution is 5.94. The Balaban J connectivity index is 1.52. The number of hydrogen-bond donors (Lipinski definition) is 1. The zero-order chi connectivity index (χ0) is 18.4. The van der Waals surface area contributed by atoms with Crippen LogP contribution in [0.1, 0.15) is 60.8 Å². The summed E-state index contributed by atoms with van der Waals surface area (Å²) in [7, 11) is 0. The number of carbonyl (C=O) groups excluding carboxylic acids is 1. The molecule has 26 heavy (non-hydrogen) atoms. The Hall–Kier alpha value is -2.43. The molecule has 3 rings (SSSR count). The largest absolute Gasteiger partial charge is 0.487 e. The van der Waals surface area contributed by atoms with Crippen LogP contribution in [0.15, 0.2) is 36.7 Å². The molecule has 1 fully saturated rings. The van der Waals surface area contributed by atoms with E-state index >= 15 is 0 Å². The van der Waals surface area contributed by atoms with Gasteiger partial charge in [-0.3, -0.25) is 14.8 Å². The number of rotatable bonds is 6. The molecule has 0 aromatic carbocycles. The van der Waals surface area contributed by atoms with Gasteiger partial charge in [0.05, 0.1) is 11.3 Å². The molecule has 0 saturated heterocycles. The van der Waals surface area contributed by atoms with Gasteiger partial charge in [0.2, 0.25) is 0 Å². The summed E-state index contributed by atoms with van der Waals surface area (Å²) in [5.41, 5.74) is 2.29. The number of amides is 1. The van der Waals surface area contributed by atoms with Gasteiger partial charge >= 0.3 is 0 Å². The Morgan fingerprint density at radius 3 is 2.73 bits per heavy atom. The first kappa shape index (κ1) is 18.4. The fourth-order valence-corrected chi connectivity index (χ4v) is 3.45. The molecular formula is C21H27N3O2. The lowest BCUT2D eigenvalue weighted by Gasteiger charge is -2.28. The van der Waals surface area contributed by atoms with Crippen molar-refractivity contribution in [2.45, 2.75) is 58.6 Å². The third-order valence-electron chi connectivity index (χ3n) is 5.06. The molecule has 1 atom stereocenters. The van der Waals surface area contributed by atoms with Gasteiger partial charge in [0.1, 0.15) is 12.4 Å². The second-order valence-electron chi connectivity index (χ2n) is 7.12. The standard InChI is InChI=1S/C21H27N3O2/c1-15-12-20(10-11-22-15)26-14-19-9-8-18(13-23-19)21(25)24-16(2)17-6-4-3-5-7-17/h8-13,16-17H,3-7,14H2,1-2H3,(H,24,25)/t16-/m1/s1. The molecule has 0 aliphatic heterocycles. The number of nitrogens with zero attached hydrogens (tertiary/aromatic N) is 2. The van der Waals surface area contributed by atoms with Crippen molar-refractivity contribution in [2.24, 2.45) is 5.92 Å². The van der Waals surface area contributed by atoms with Gasteiger partial charge in [0, 0.05) is 30.2 Å². The number of ether oxygens (including phenoxy) is 1. The van der Waals surface area contributed by atoms with E-state index in [0.717, 1.165) is 17.1 Å². The van der Waals surface area contributed by atoms with Crippen molar-refractivity contribution >= 4 is 5.91 Å². The first-order valence-electron chi connectivity index (χ1n) is 9.43. The minimum atomic E-state index is -0.0483. The van der Waals surface area contributed by atoms with E-state index < -0.39 is 0 Å². The molecule has 2 heterocycles. The molecular weight excluding hydrogens is 326 g/mol. The molecule has 1 aliphatic carbocycles. The van der Waals surface area contributed by atoms with Crippen LogP contribution in [-0.4, -0.2) is 21.9 Å². The first-order chi connectivity index (χ1) is 12.6. The normalized spacial score (nSPS) is 16.1. The highest BCUT2D eigenvalue weighted by atomic mass is 16.5. The Bertz CT molecular complexity index is 724. The fourth-order valence-electron chi connectivity index (χ4n) is 3.45. The van der Waals surface area contributed by atoms with Gasteiger partial charge < -0.3 is 10.1 Å². The van der Waals surface area contributed by atoms with Gasteiger partial charge in [0.15, 0.2) is 0 Å². The number of aromatic nitrogens is 2. The van der Waals surface area contributed by atoms with Crippen LogP contribution in [0.2, 0.25) is 0 Å². The minimum absolute atomic E-state index is 0.0483. The van der Waals surface area contributed by atoms with Crippen LogP contribution in [0.5, 0.6) is 5.75 Å². The van der Waals surface area contributed by atoms with Gasteiger partial charge in [0.25, 0.3) is 5.91 Å². The van der Waals surface area contributed by atoms with E-state index in [2.05, 4.69) is 22.2 Å². The Morgan fingerprint density at radius 1 is 1.23 bits per heavy atom. The molecule has 1 amide bonds. The second-order valence-corrected chi connectivity index (χ2v) is 7.12. The molecule has 2 aromatic heterocycles.